The molecular weight excluding hydrogens is 240 g/mol. The van der Waals surface area contributed by atoms with Crippen LogP contribution < -0.4 is 4.74 Å². The number of aldehydes is 1. The van der Waals surface area contributed by atoms with Crippen LogP contribution in [0, 0.1) is 6.92 Å². The van der Waals surface area contributed by atoms with Crippen molar-refractivity contribution in [2.45, 2.75) is 26.7 Å². The third-order valence-corrected chi connectivity index (χ3v) is 3.05. The molecule has 0 aliphatic carbocycles. The van der Waals surface area contributed by atoms with Crippen LogP contribution in [0.4, 0.5) is 0 Å². The Bertz CT molecular complexity index is 561. The van der Waals surface area contributed by atoms with Crippen molar-refractivity contribution in [3.8, 4) is 5.75 Å². The Kier molecular flexibility index (Phi) is 4.34. The fourth-order valence-electron chi connectivity index (χ4n) is 2.06. The van der Waals surface area contributed by atoms with Crippen LogP contribution in [0.5, 0.6) is 5.75 Å². The van der Waals surface area contributed by atoms with Crippen LogP contribution in [-0.4, -0.2) is 23.1 Å². The van der Waals surface area contributed by atoms with Crippen molar-refractivity contribution in [2.24, 2.45) is 0 Å². The van der Waals surface area contributed by atoms with Crippen molar-refractivity contribution in [2.75, 3.05) is 6.61 Å². The monoisotopic (exact) mass is 258 g/mol. The second kappa shape index (κ2) is 6.18. The number of benzene rings is 1. The van der Waals surface area contributed by atoms with Gasteiger partial charge in [0.05, 0.1) is 17.9 Å². The molecule has 1 aromatic carbocycles. The summed E-state index contributed by atoms with van der Waals surface area (Å²) in [5, 5.41) is 7.02. The van der Waals surface area contributed by atoms with E-state index in [9.17, 15) is 4.79 Å². The largest absolute Gasteiger partial charge is 0.494 e. The number of hydrogen-bond acceptors (Lipinski definition) is 3. The number of aromatic amines is 1. The quantitative estimate of drug-likeness (QED) is 0.810. The Morgan fingerprint density at radius 1 is 1.37 bits per heavy atom. The first-order valence-corrected chi connectivity index (χ1v) is 6.45. The van der Waals surface area contributed by atoms with Gasteiger partial charge < -0.3 is 4.74 Å². The zero-order valence-corrected chi connectivity index (χ0v) is 11.3. The Morgan fingerprint density at radius 3 is 2.95 bits per heavy atom. The lowest BCUT2D eigenvalue weighted by Crippen LogP contribution is -1.97. The van der Waals surface area contributed by atoms with E-state index in [1.807, 2.05) is 32.0 Å². The first-order valence-electron chi connectivity index (χ1n) is 6.45. The van der Waals surface area contributed by atoms with Crippen molar-refractivity contribution >= 4 is 6.29 Å². The Balaban J connectivity index is 2.05. The zero-order chi connectivity index (χ0) is 13.7. The lowest BCUT2D eigenvalue weighted by atomic mass is 10.1. The summed E-state index contributed by atoms with van der Waals surface area (Å²) in [6.45, 7) is 4.49. The predicted molar refractivity (Wildman–Crippen MR) is 73.7 cm³/mol. The van der Waals surface area contributed by atoms with E-state index in [-0.39, 0.29) is 0 Å². The number of ether oxygens (including phenoxy) is 1. The number of H-pyrrole nitrogens is 1. The molecule has 2 rings (SSSR count). The van der Waals surface area contributed by atoms with E-state index < -0.39 is 0 Å². The SMILES string of the molecule is CCOc1cccc(CCc2n[nH]c(C)c2C=O)c1. The van der Waals surface area contributed by atoms with Crippen LogP contribution >= 0.6 is 0 Å². The van der Waals surface area contributed by atoms with E-state index in [2.05, 4.69) is 16.3 Å². The predicted octanol–water partition coefficient (Wildman–Crippen LogP) is 2.71. The third-order valence-electron chi connectivity index (χ3n) is 3.05. The molecule has 4 heteroatoms. The van der Waals surface area contributed by atoms with E-state index in [0.717, 1.165) is 36.3 Å². The minimum absolute atomic E-state index is 0.664. The molecule has 0 bridgehead atoms. The molecule has 0 spiro atoms. The average molecular weight is 258 g/mol. The van der Waals surface area contributed by atoms with E-state index in [4.69, 9.17) is 4.74 Å². The van der Waals surface area contributed by atoms with Gasteiger partial charge in [-0.2, -0.15) is 5.10 Å². The minimum atomic E-state index is 0.664. The normalized spacial score (nSPS) is 10.4. The minimum Gasteiger partial charge on any atom is -0.494 e. The highest BCUT2D eigenvalue weighted by atomic mass is 16.5. The van der Waals surface area contributed by atoms with Gasteiger partial charge in [-0.3, -0.25) is 9.89 Å². The van der Waals surface area contributed by atoms with Gasteiger partial charge in [-0.25, -0.2) is 0 Å². The number of carbonyl (C=O) groups excluding carboxylic acids is 1. The molecule has 0 saturated carbocycles. The maximum atomic E-state index is 11.0. The summed E-state index contributed by atoms with van der Waals surface area (Å²) in [4.78, 5) is 11.0. The molecule has 0 fully saturated rings. The standard InChI is InChI=1S/C15H18N2O2/c1-3-19-13-6-4-5-12(9-13)7-8-15-14(10-18)11(2)16-17-15/h4-6,9-10H,3,7-8H2,1-2H3,(H,16,17). The van der Waals surface area contributed by atoms with Gasteiger partial charge in [0.25, 0.3) is 0 Å². The molecule has 4 nitrogen and oxygen atoms in total. The van der Waals surface area contributed by atoms with Gasteiger partial charge >= 0.3 is 0 Å². The van der Waals surface area contributed by atoms with Gasteiger partial charge in [-0.1, -0.05) is 12.1 Å². The van der Waals surface area contributed by atoms with Gasteiger partial charge in [0, 0.05) is 5.69 Å². The summed E-state index contributed by atoms with van der Waals surface area (Å²) in [5.74, 6) is 0.883. The van der Waals surface area contributed by atoms with Gasteiger partial charge in [-0.15, -0.1) is 0 Å². The molecule has 0 unspecified atom stereocenters. The molecule has 1 aromatic heterocycles. The highest BCUT2D eigenvalue weighted by Crippen LogP contribution is 2.16. The van der Waals surface area contributed by atoms with E-state index >= 15 is 0 Å². The summed E-state index contributed by atoms with van der Waals surface area (Å²) < 4.78 is 5.47. The second-order valence-corrected chi connectivity index (χ2v) is 4.41. The summed E-state index contributed by atoms with van der Waals surface area (Å²) in [6, 6.07) is 8.02. The first-order chi connectivity index (χ1) is 9.24. The lowest BCUT2D eigenvalue weighted by molar-refractivity contribution is 0.112. The van der Waals surface area contributed by atoms with E-state index in [1.54, 1.807) is 0 Å². The zero-order valence-electron chi connectivity index (χ0n) is 11.3. The summed E-state index contributed by atoms with van der Waals surface area (Å²) in [7, 11) is 0. The summed E-state index contributed by atoms with van der Waals surface area (Å²) in [6.07, 6.45) is 2.45. The molecule has 0 amide bonds. The van der Waals surface area contributed by atoms with Crippen LogP contribution in [0.15, 0.2) is 24.3 Å². The number of nitrogens with zero attached hydrogens (tertiary/aromatic N) is 1. The van der Waals surface area contributed by atoms with Gasteiger partial charge in [0.1, 0.15) is 5.75 Å². The topological polar surface area (TPSA) is 55.0 Å². The summed E-state index contributed by atoms with van der Waals surface area (Å²) in [5.41, 5.74) is 3.52. The van der Waals surface area contributed by atoms with Crippen LogP contribution in [0.2, 0.25) is 0 Å². The fraction of sp³-hybridized carbons (Fsp3) is 0.333. The number of carbonyl (C=O) groups is 1. The van der Waals surface area contributed by atoms with Gasteiger partial charge in [-0.05, 0) is 44.4 Å². The average Bonchev–Trinajstić information content (AvgIpc) is 2.77. The Labute approximate surface area is 112 Å². The number of aryl methyl sites for hydroxylation is 3. The van der Waals surface area contributed by atoms with Crippen molar-refractivity contribution < 1.29 is 9.53 Å². The maximum absolute atomic E-state index is 11.0. The van der Waals surface area contributed by atoms with Crippen molar-refractivity contribution in [3.63, 3.8) is 0 Å². The van der Waals surface area contributed by atoms with Crippen molar-refractivity contribution in [3.05, 3.63) is 46.8 Å². The van der Waals surface area contributed by atoms with Gasteiger partial charge in [0.2, 0.25) is 0 Å². The Hall–Kier alpha value is -2.10. The molecule has 19 heavy (non-hydrogen) atoms. The van der Waals surface area contributed by atoms with Crippen LogP contribution in [0.1, 0.15) is 34.2 Å². The molecule has 0 aliphatic rings. The molecule has 1 N–H and O–H groups in total. The maximum Gasteiger partial charge on any atom is 0.153 e. The van der Waals surface area contributed by atoms with Crippen LogP contribution in [0.3, 0.4) is 0 Å². The highest BCUT2D eigenvalue weighted by Gasteiger charge is 2.09. The number of hydrogen-bond donors (Lipinski definition) is 1. The number of rotatable bonds is 6. The van der Waals surface area contributed by atoms with Gasteiger partial charge in [0.15, 0.2) is 6.29 Å². The smallest absolute Gasteiger partial charge is 0.153 e. The molecule has 0 atom stereocenters. The lowest BCUT2D eigenvalue weighted by Gasteiger charge is -2.05. The van der Waals surface area contributed by atoms with Crippen LogP contribution in [0.25, 0.3) is 0 Å². The van der Waals surface area contributed by atoms with E-state index in [1.165, 1.54) is 5.56 Å². The van der Waals surface area contributed by atoms with Crippen molar-refractivity contribution in [1.82, 2.24) is 10.2 Å². The third kappa shape index (κ3) is 3.22. The Morgan fingerprint density at radius 2 is 2.21 bits per heavy atom. The van der Waals surface area contributed by atoms with Crippen LogP contribution in [-0.2, 0) is 12.8 Å². The molecule has 2 aromatic rings. The summed E-state index contributed by atoms with van der Waals surface area (Å²) >= 11 is 0. The fourth-order valence-corrected chi connectivity index (χ4v) is 2.06. The first kappa shape index (κ1) is 13.3. The molecule has 1 heterocycles. The van der Waals surface area contributed by atoms with Crippen molar-refractivity contribution in [1.29, 1.82) is 0 Å². The molecule has 0 saturated heterocycles. The highest BCUT2D eigenvalue weighted by molar-refractivity contribution is 5.78. The molecule has 0 aliphatic heterocycles. The second-order valence-electron chi connectivity index (χ2n) is 4.41. The number of aromatic nitrogens is 2. The molecule has 100 valence electrons. The number of nitrogens with one attached hydrogen (secondary N) is 1. The molecule has 0 radical (unpaired) electrons. The van der Waals surface area contributed by atoms with E-state index in [0.29, 0.717) is 12.2 Å². The molecular formula is C15H18N2O2.